The highest BCUT2D eigenvalue weighted by Crippen LogP contribution is 2.28. The van der Waals surface area contributed by atoms with Crippen LogP contribution in [0.25, 0.3) is 0 Å². The van der Waals surface area contributed by atoms with Crippen molar-refractivity contribution in [2.24, 2.45) is 4.99 Å². The molecule has 1 heterocycles. The van der Waals surface area contributed by atoms with E-state index in [0.29, 0.717) is 22.9 Å². The van der Waals surface area contributed by atoms with Gasteiger partial charge in [-0.25, -0.2) is 4.39 Å². The van der Waals surface area contributed by atoms with Crippen molar-refractivity contribution >= 4 is 27.9 Å². The summed E-state index contributed by atoms with van der Waals surface area (Å²) in [4.78, 5) is 4.43. The van der Waals surface area contributed by atoms with Crippen LogP contribution in [-0.2, 0) is 5.75 Å². The van der Waals surface area contributed by atoms with E-state index in [2.05, 4.69) is 11.9 Å². The van der Waals surface area contributed by atoms with Gasteiger partial charge in [0.25, 0.3) is 0 Å². The maximum Gasteiger partial charge on any atom is 0.128 e. The second kappa shape index (κ2) is 5.56. The number of halogens is 1. The zero-order valence-electron chi connectivity index (χ0n) is 9.31. The first-order valence-corrected chi connectivity index (χ1v) is 7.18. The van der Waals surface area contributed by atoms with Gasteiger partial charge in [-0.05, 0) is 24.6 Å². The van der Waals surface area contributed by atoms with Gasteiger partial charge in [-0.1, -0.05) is 29.6 Å². The molecule has 17 heavy (non-hydrogen) atoms. The molecule has 0 radical (unpaired) electrons. The third kappa shape index (κ3) is 3.24. The Bertz CT molecular complexity index is 494. The molecule has 0 fully saturated rings. The quantitative estimate of drug-likeness (QED) is 0.823. The van der Waals surface area contributed by atoms with Crippen LogP contribution in [0.15, 0.2) is 23.2 Å². The number of thioether (sulfide) groups is 2. The Morgan fingerprint density at radius 3 is 3.06 bits per heavy atom. The van der Waals surface area contributed by atoms with E-state index >= 15 is 0 Å². The highest BCUT2D eigenvalue weighted by Gasteiger charge is 2.15. The van der Waals surface area contributed by atoms with Crippen molar-refractivity contribution < 1.29 is 4.39 Å². The van der Waals surface area contributed by atoms with E-state index in [1.54, 1.807) is 35.7 Å². The Kier molecular flexibility index (Phi) is 4.08. The lowest BCUT2D eigenvalue weighted by atomic mass is 10.1. The average molecular weight is 266 g/mol. The summed E-state index contributed by atoms with van der Waals surface area (Å²) in [6, 6.07) is 6.89. The third-order valence-corrected chi connectivity index (χ3v) is 4.82. The summed E-state index contributed by atoms with van der Waals surface area (Å²) in [5.74, 6) is 1.27. The number of hydrogen-bond acceptors (Lipinski definition) is 4. The van der Waals surface area contributed by atoms with Gasteiger partial charge in [0, 0.05) is 11.5 Å². The molecule has 0 spiro atoms. The fraction of sp³-hybridized carbons (Fsp3) is 0.333. The number of nitrogens with zero attached hydrogens (tertiary/aromatic N) is 2. The molecule has 1 atom stereocenters. The van der Waals surface area contributed by atoms with Crippen LogP contribution in [0.1, 0.15) is 18.1 Å². The van der Waals surface area contributed by atoms with Crippen LogP contribution in [-0.4, -0.2) is 16.2 Å². The maximum absolute atomic E-state index is 13.6. The second-order valence-electron chi connectivity index (χ2n) is 3.76. The molecular formula is C12H11FN2S2. The van der Waals surface area contributed by atoms with Gasteiger partial charge in [0.1, 0.15) is 10.2 Å². The molecule has 0 saturated carbocycles. The van der Waals surface area contributed by atoms with E-state index in [-0.39, 0.29) is 5.82 Å². The molecule has 0 aliphatic carbocycles. The molecule has 2 rings (SSSR count). The number of hydrogen-bond donors (Lipinski definition) is 0. The molecule has 2 nitrogen and oxygen atoms in total. The standard InChI is InChI=1S/C12H11FN2S2/c1-8-6-16-12(15-8)17-7-10-3-2-9(5-14)4-11(10)13/h2-4,8H,6-7H2,1H3/t8-/m0/s1. The second-order valence-corrected chi connectivity index (χ2v) is 5.99. The van der Waals surface area contributed by atoms with Gasteiger partial charge in [0.05, 0.1) is 17.7 Å². The Morgan fingerprint density at radius 2 is 2.47 bits per heavy atom. The van der Waals surface area contributed by atoms with Crippen molar-refractivity contribution in [1.82, 2.24) is 0 Å². The molecule has 0 bridgehead atoms. The van der Waals surface area contributed by atoms with Crippen molar-refractivity contribution in [2.75, 3.05) is 5.75 Å². The largest absolute Gasteiger partial charge is 0.268 e. The first-order chi connectivity index (χ1) is 8.19. The zero-order valence-corrected chi connectivity index (χ0v) is 10.9. The van der Waals surface area contributed by atoms with Gasteiger partial charge in [0.15, 0.2) is 0 Å². The predicted octanol–water partition coefficient (Wildman–Crippen LogP) is 3.42. The number of rotatable bonds is 2. The third-order valence-electron chi connectivity index (χ3n) is 2.31. The summed E-state index contributed by atoms with van der Waals surface area (Å²) in [7, 11) is 0. The molecule has 1 aromatic rings. The fourth-order valence-corrected chi connectivity index (χ4v) is 3.59. The van der Waals surface area contributed by atoms with Crippen LogP contribution in [0.2, 0.25) is 0 Å². The molecule has 88 valence electrons. The zero-order chi connectivity index (χ0) is 12.3. The van der Waals surface area contributed by atoms with Crippen molar-refractivity contribution in [2.45, 2.75) is 18.7 Å². The van der Waals surface area contributed by atoms with Gasteiger partial charge in [0.2, 0.25) is 0 Å². The van der Waals surface area contributed by atoms with Gasteiger partial charge in [-0.2, -0.15) is 5.26 Å². The molecule has 0 unspecified atom stereocenters. The van der Waals surface area contributed by atoms with Crippen LogP contribution >= 0.6 is 23.5 Å². The number of benzene rings is 1. The van der Waals surface area contributed by atoms with Crippen LogP contribution in [0, 0.1) is 17.1 Å². The topological polar surface area (TPSA) is 36.1 Å². The van der Waals surface area contributed by atoms with Gasteiger partial charge >= 0.3 is 0 Å². The summed E-state index contributed by atoms with van der Waals surface area (Å²) in [6.45, 7) is 2.07. The van der Waals surface area contributed by atoms with E-state index in [9.17, 15) is 4.39 Å². The normalized spacial score (nSPS) is 18.9. The monoisotopic (exact) mass is 266 g/mol. The highest BCUT2D eigenvalue weighted by atomic mass is 32.2. The lowest BCUT2D eigenvalue weighted by Crippen LogP contribution is -1.92. The molecule has 0 aromatic heterocycles. The molecule has 5 heteroatoms. The van der Waals surface area contributed by atoms with E-state index < -0.39 is 0 Å². The van der Waals surface area contributed by atoms with Gasteiger partial charge in [-0.3, -0.25) is 4.99 Å². The summed E-state index contributed by atoms with van der Waals surface area (Å²) >= 11 is 3.28. The molecule has 0 amide bonds. The minimum atomic E-state index is -0.312. The maximum atomic E-state index is 13.6. The van der Waals surface area contributed by atoms with Gasteiger partial charge < -0.3 is 0 Å². The summed E-state index contributed by atoms with van der Waals surface area (Å²) in [5, 5.41) is 8.64. The van der Waals surface area contributed by atoms with E-state index in [1.165, 1.54) is 6.07 Å². The van der Waals surface area contributed by atoms with Crippen LogP contribution in [0.4, 0.5) is 4.39 Å². The SMILES string of the molecule is C[C@H]1CSC(SCc2ccc(C#N)cc2F)=N1. The van der Waals surface area contributed by atoms with Crippen molar-refractivity contribution in [3.8, 4) is 6.07 Å². The summed E-state index contributed by atoms with van der Waals surface area (Å²) in [5.41, 5.74) is 0.981. The van der Waals surface area contributed by atoms with Crippen molar-refractivity contribution in [1.29, 1.82) is 5.26 Å². The highest BCUT2D eigenvalue weighted by molar-refractivity contribution is 8.38. The first kappa shape index (κ1) is 12.5. The molecule has 1 aromatic carbocycles. The van der Waals surface area contributed by atoms with E-state index in [0.717, 1.165) is 10.1 Å². The minimum Gasteiger partial charge on any atom is -0.268 e. The summed E-state index contributed by atoms with van der Waals surface area (Å²) < 4.78 is 14.6. The smallest absolute Gasteiger partial charge is 0.128 e. The Labute approximate surface area is 108 Å². The molecular weight excluding hydrogens is 255 g/mol. The van der Waals surface area contributed by atoms with Crippen molar-refractivity contribution in [3.05, 3.63) is 35.1 Å². The summed E-state index contributed by atoms with van der Waals surface area (Å²) in [6.07, 6.45) is 0. The Hall–Kier alpha value is -0.990. The predicted molar refractivity (Wildman–Crippen MR) is 71.8 cm³/mol. The van der Waals surface area contributed by atoms with Crippen LogP contribution < -0.4 is 0 Å². The molecule has 1 aliphatic rings. The minimum absolute atomic E-state index is 0.312. The van der Waals surface area contributed by atoms with E-state index in [1.807, 2.05) is 6.07 Å². The molecule has 1 aliphatic heterocycles. The lowest BCUT2D eigenvalue weighted by Gasteiger charge is -2.02. The Balaban J connectivity index is 2.00. The van der Waals surface area contributed by atoms with Crippen molar-refractivity contribution in [3.63, 3.8) is 0 Å². The Morgan fingerprint density at radius 1 is 1.65 bits per heavy atom. The van der Waals surface area contributed by atoms with Crippen LogP contribution in [0.5, 0.6) is 0 Å². The average Bonchev–Trinajstić information content (AvgIpc) is 2.73. The van der Waals surface area contributed by atoms with Gasteiger partial charge in [-0.15, -0.1) is 0 Å². The molecule has 0 N–H and O–H groups in total. The first-order valence-electron chi connectivity index (χ1n) is 5.21. The number of nitriles is 1. The van der Waals surface area contributed by atoms with Crippen LogP contribution in [0.3, 0.4) is 0 Å². The lowest BCUT2D eigenvalue weighted by molar-refractivity contribution is 0.617. The van der Waals surface area contributed by atoms with E-state index in [4.69, 9.17) is 5.26 Å². The molecule has 0 saturated heterocycles. The fourth-order valence-electron chi connectivity index (χ4n) is 1.40. The number of aliphatic imine (C=N–C) groups is 1.